The number of hydrogen-bond donors (Lipinski definition) is 1. The SMILES string of the molecule is N#Cc1c(Br)cccc1NCCCn1ccnn1. The Labute approximate surface area is 114 Å². The molecule has 5 nitrogen and oxygen atoms in total. The molecule has 92 valence electrons. The zero-order valence-corrected chi connectivity index (χ0v) is 11.3. The summed E-state index contributed by atoms with van der Waals surface area (Å²) in [5.41, 5.74) is 1.49. The molecule has 0 fully saturated rings. The first-order chi connectivity index (χ1) is 8.81. The maximum atomic E-state index is 9.06. The van der Waals surface area contributed by atoms with Gasteiger partial charge in [-0.05, 0) is 34.5 Å². The van der Waals surface area contributed by atoms with Gasteiger partial charge in [0.25, 0.3) is 0 Å². The number of nitrogens with one attached hydrogen (secondary N) is 1. The van der Waals surface area contributed by atoms with E-state index in [1.807, 2.05) is 24.4 Å². The van der Waals surface area contributed by atoms with Gasteiger partial charge < -0.3 is 5.32 Å². The molecule has 0 aliphatic rings. The molecule has 0 amide bonds. The van der Waals surface area contributed by atoms with Crippen molar-refractivity contribution in [2.75, 3.05) is 11.9 Å². The first-order valence-corrected chi connectivity index (χ1v) is 6.37. The normalized spacial score (nSPS) is 10.0. The van der Waals surface area contributed by atoms with Crippen LogP contribution >= 0.6 is 15.9 Å². The average molecular weight is 306 g/mol. The van der Waals surface area contributed by atoms with Gasteiger partial charge in [-0.3, -0.25) is 4.68 Å². The minimum absolute atomic E-state index is 0.637. The monoisotopic (exact) mass is 305 g/mol. The zero-order valence-electron chi connectivity index (χ0n) is 9.67. The van der Waals surface area contributed by atoms with E-state index in [2.05, 4.69) is 37.6 Å². The molecule has 0 aliphatic carbocycles. The summed E-state index contributed by atoms with van der Waals surface area (Å²) in [6.45, 7) is 1.59. The molecule has 0 saturated carbocycles. The number of aryl methyl sites for hydroxylation is 1. The van der Waals surface area contributed by atoms with E-state index in [0.29, 0.717) is 5.56 Å². The first kappa shape index (κ1) is 12.6. The minimum atomic E-state index is 0.637. The highest BCUT2D eigenvalue weighted by Gasteiger charge is 2.04. The van der Waals surface area contributed by atoms with Crippen molar-refractivity contribution < 1.29 is 0 Å². The van der Waals surface area contributed by atoms with E-state index in [1.165, 1.54) is 0 Å². The molecule has 0 bridgehead atoms. The van der Waals surface area contributed by atoms with Crippen molar-refractivity contribution >= 4 is 21.6 Å². The Morgan fingerprint density at radius 2 is 2.33 bits per heavy atom. The van der Waals surface area contributed by atoms with Crippen molar-refractivity contribution in [1.29, 1.82) is 5.26 Å². The first-order valence-electron chi connectivity index (χ1n) is 5.58. The Morgan fingerprint density at radius 1 is 1.44 bits per heavy atom. The quantitative estimate of drug-likeness (QED) is 0.862. The molecule has 0 unspecified atom stereocenters. The van der Waals surface area contributed by atoms with Gasteiger partial charge in [0.05, 0.1) is 17.4 Å². The Kier molecular flexibility index (Phi) is 4.31. The van der Waals surface area contributed by atoms with E-state index >= 15 is 0 Å². The number of benzene rings is 1. The predicted molar refractivity (Wildman–Crippen MR) is 72.0 cm³/mol. The lowest BCUT2D eigenvalue weighted by molar-refractivity contribution is 0.570. The number of rotatable bonds is 5. The summed E-state index contributed by atoms with van der Waals surface area (Å²) in [6, 6.07) is 7.85. The number of aromatic nitrogens is 3. The van der Waals surface area contributed by atoms with Crippen LogP contribution in [0.25, 0.3) is 0 Å². The Hall–Kier alpha value is -1.87. The molecule has 0 spiro atoms. The lowest BCUT2D eigenvalue weighted by atomic mass is 10.2. The summed E-state index contributed by atoms with van der Waals surface area (Å²) in [7, 11) is 0. The number of anilines is 1. The Balaban J connectivity index is 1.87. The number of hydrogen-bond acceptors (Lipinski definition) is 4. The number of nitrogens with zero attached hydrogens (tertiary/aromatic N) is 4. The summed E-state index contributed by atoms with van der Waals surface area (Å²) >= 11 is 3.36. The van der Waals surface area contributed by atoms with Crippen molar-refractivity contribution in [3.05, 3.63) is 40.6 Å². The van der Waals surface area contributed by atoms with Crippen molar-refractivity contribution in [2.45, 2.75) is 13.0 Å². The molecule has 0 saturated heterocycles. The van der Waals surface area contributed by atoms with Gasteiger partial charge in [0, 0.05) is 23.8 Å². The van der Waals surface area contributed by atoms with Crippen molar-refractivity contribution in [1.82, 2.24) is 15.0 Å². The van der Waals surface area contributed by atoms with Crippen LogP contribution in [-0.2, 0) is 6.54 Å². The highest BCUT2D eigenvalue weighted by Crippen LogP contribution is 2.23. The van der Waals surface area contributed by atoms with Crippen LogP contribution < -0.4 is 5.32 Å². The molecule has 1 N–H and O–H groups in total. The number of nitriles is 1. The van der Waals surface area contributed by atoms with E-state index in [1.54, 1.807) is 10.9 Å². The van der Waals surface area contributed by atoms with Crippen LogP contribution in [0.15, 0.2) is 35.1 Å². The topological polar surface area (TPSA) is 66.5 Å². The average Bonchev–Trinajstić information content (AvgIpc) is 2.88. The molecular weight excluding hydrogens is 294 g/mol. The molecular formula is C12H12BrN5. The molecule has 0 atom stereocenters. The molecule has 0 aliphatic heterocycles. The molecule has 1 heterocycles. The Morgan fingerprint density at radius 3 is 3.06 bits per heavy atom. The second-order valence-corrected chi connectivity index (χ2v) is 4.57. The summed E-state index contributed by atoms with van der Waals surface area (Å²) < 4.78 is 2.60. The molecule has 1 aromatic heterocycles. The van der Waals surface area contributed by atoms with Crippen LogP contribution in [0.2, 0.25) is 0 Å². The maximum Gasteiger partial charge on any atom is 0.103 e. The third-order valence-electron chi connectivity index (χ3n) is 2.48. The van der Waals surface area contributed by atoms with Crippen LogP contribution in [-0.4, -0.2) is 21.5 Å². The summed E-state index contributed by atoms with van der Waals surface area (Å²) in [4.78, 5) is 0. The van der Waals surface area contributed by atoms with Gasteiger partial charge >= 0.3 is 0 Å². The van der Waals surface area contributed by atoms with Gasteiger partial charge in [-0.25, -0.2) is 0 Å². The van der Waals surface area contributed by atoms with Gasteiger partial charge in [-0.1, -0.05) is 11.3 Å². The van der Waals surface area contributed by atoms with E-state index in [-0.39, 0.29) is 0 Å². The molecule has 2 rings (SSSR count). The van der Waals surface area contributed by atoms with E-state index in [9.17, 15) is 0 Å². The van der Waals surface area contributed by atoms with E-state index in [0.717, 1.165) is 29.7 Å². The molecule has 6 heteroatoms. The largest absolute Gasteiger partial charge is 0.384 e. The summed E-state index contributed by atoms with van der Waals surface area (Å²) in [6.07, 6.45) is 4.41. The van der Waals surface area contributed by atoms with Gasteiger partial charge in [-0.15, -0.1) is 5.10 Å². The van der Waals surface area contributed by atoms with Gasteiger partial charge in [0.15, 0.2) is 0 Å². The highest BCUT2D eigenvalue weighted by molar-refractivity contribution is 9.10. The highest BCUT2D eigenvalue weighted by atomic mass is 79.9. The molecule has 18 heavy (non-hydrogen) atoms. The third-order valence-corrected chi connectivity index (χ3v) is 3.14. The second kappa shape index (κ2) is 6.17. The van der Waals surface area contributed by atoms with Crippen LogP contribution in [0.4, 0.5) is 5.69 Å². The molecule has 0 radical (unpaired) electrons. The van der Waals surface area contributed by atoms with Gasteiger partial charge in [0.1, 0.15) is 6.07 Å². The fourth-order valence-electron chi connectivity index (χ4n) is 1.60. The Bertz CT molecular complexity index is 544. The van der Waals surface area contributed by atoms with Crippen molar-refractivity contribution in [2.24, 2.45) is 0 Å². The molecule has 1 aromatic carbocycles. The maximum absolute atomic E-state index is 9.06. The van der Waals surface area contributed by atoms with Crippen molar-refractivity contribution in [3.63, 3.8) is 0 Å². The van der Waals surface area contributed by atoms with Gasteiger partial charge in [0.2, 0.25) is 0 Å². The zero-order chi connectivity index (χ0) is 12.8. The second-order valence-electron chi connectivity index (χ2n) is 3.72. The van der Waals surface area contributed by atoms with Gasteiger partial charge in [-0.2, -0.15) is 5.26 Å². The van der Waals surface area contributed by atoms with Crippen LogP contribution in [0, 0.1) is 11.3 Å². The van der Waals surface area contributed by atoms with E-state index < -0.39 is 0 Å². The predicted octanol–water partition coefficient (Wildman–Crippen LogP) is 2.41. The van der Waals surface area contributed by atoms with Crippen LogP contribution in [0.5, 0.6) is 0 Å². The smallest absolute Gasteiger partial charge is 0.103 e. The lowest BCUT2D eigenvalue weighted by Gasteiger charge is -2.08. The molecule has 2 aromatic rings. The number of halogens is 1. The van der Waals surface area contributed by atoms with Crippen molar-refractivity contribution in [3.8, 4) is 6.07 Å². The fraction of sp³-hybridized carbons (Fsp3) is 0.250. The van der Waals surface area contributed by atoms with Crippen LogP contribution in [0.1, 0.15) is 12.0 Å². The standard InChI is InChI=1S/C12H12BrN5/c13-11-3-1-4-12(10(11)9-14)15-5-2-7-18-8-6-16-17-18/h1,3-4,6,8,15H,2,5,7H2. The minimum Gasteiger partial charge on any atom is -0.384 e. The third kappa shape index (κ3) is 3.08. The van der Waals surface area contributed by atoms with Crippen LogP contribution in [0.3, 0.4) is 0 Å². The summed E-state index contributed by atoms with van der Waals surface area (Å²) in [5.74, 6) is 0. The van der Waals surface area contributed by atoms with E-state index in [4.69, 9.17) is 5.26 Å². The lowest BCUT2D eigenvalue weighted by Crippen LogP contribution is -2.08. The fourth-order valence-corrected chi connectivity index (χ4v) is 2.06. The summed E-state index contributed by atoms with van der Waals surface area (Å²) in [5, 5.41) is 19.9.